The second-order valence-electron chi connectivity index (χ2n) is 6.84. The molecule has 5 nitrogen and oxygen atoms in total. The molecule has 1 aromatic heterocycles. The van der Waals surface area contributed by atoms with Gasteiger partial charge in [0.25, 0.3) is 0 Å². The van der Waals surface area contributed by atoms with Gasteiger partial charge < -0.3 is 5.32 Å². The largest absolute Gasteiger partial charge is 0.340 e. The zero-order valence-electron chi connectivity index (χ0n) is 15.7. The first kappa shape index (κ1) is 19.4. The highest BCUT2D eigenvalue weighted by Crippen LogP contribution is 2.24. The van der Waals surface area contributed by atoms with Crippen molar-refractivity contribution < 1.29 is 8.42 Å². The molecule has 0 aliphatic carbocycles. The molecule has 0 bridgehead atoms. The van der Waals surface area contributed by atoms with Gasteiger partial charge in [-0.1, -0.05) is 12.1 Å². The summed E-state index contributed by atoms with van der Waals surface area (Å²) >= 11 is 0. The Kier molecular flexibility index (Phi) is 5.85. The van der Waals surface area contributed by atoms with Crippen molar-refractivity contribution in [1.82, 2.24) is 9.29 Å². The monoisotopic (exact) mass is 361 g/mol. The summed E-state index contributed by atoms with van der Waals surface area (Å²) in [5.41, 5.74) is 3.22. The van der Waals surface area contributed by atoms with Crippen molar-refractivity contribution in [2.45, 2.75) is 58.5 Å². The van der Waals surface area contributed by atoms with Crippen molar-refractivity contribution >= 4 is 21.5 Å². The lowest BCUT2D eigenvalue weighted by atomic mass is 10.1. The standard InChI is InChI=1S/C19H27N3O2S/c1-13(2)22(14(3)4)25(23,24)17-9-10-19(20-12-17)21-18-11-15(5)7-8-16(18)6/h7-14H,1-6H3,(H,20,21). The summed E-state index contributed by atoms with van der Waals surface area (Å²) in [6.07, 6.45) is 1.42. The summed E-state index contributed by atoms with van der Waals surface area (Å²) in [6.45, 7) is 11.6. The van der Waals surface area contributed by atoms with Crippen LogP contribution in [0.25, 0.3) is 0 Å². The van der Waals surface area contributed by atoms with Gasteiger partial charge in [-0.25, -0.2) is 13.4 Å². The Labute approximate surface area is 151 Å². The maximum atomic E-state index is 12.8. The summed E-state index contributed by atoms with van der Waals surface area (Å²) in [5.74, 6) is 0.619. The molecule has 0 saturated carbocycles. The maximum Gasteiger partial charge on any atom is 0.245 e. The van der Waals surface area contributed by atoms with Gasteiger partial charge in [-0.3, -0.25) is 0 Å². The van der Waals surface area contributed by atoms with Gasteiger partial charge >= 0.3 is 0 Å². The second-order valence-corrected chi connectivity index (χ2v) is 8.69. The van der Waals surface area contributed by atoms with E-state index in [0.717, 1.165) is 16.8 Å². The number of hydrogen-bond donors (Lipinski definition) is 1. The van der Waals surface area contributed by atoms with Crippen LogP contribution in [0, 0.1) is 13.8 Å². The van der Waals surface area contributed by atoms with Crippen molar-refractivity contribution in [2.75, 3.05) is 5.32 Å². The molecule has 0 fully saturated rings. The molecule has 0 amide bonds. The van der Waals surface area contributed by atoms with Crippen molar-refractivity contribution in [1.29, 1.82) is 0 Å². The minimum absolute atomic E-state index is 0.113. The maximum absolute atomic E-state index is 12.8. The van der Waals surface area contributed by atoms with Gasteiger partial charge in [0.15, 0.2) is 0 Å². The number of aryl methyl sites for hydroxylation is 2. The van der Waals surface area contributed by atoms with Crippen LogP contribution in [-0.2, 0) is 10.0 Å². The summed E-state index contributed by atoms with van der Waals surface area (Å²) in [6, 6.07) is 9.22. The third-order valence-corrected chi connectivity index (χ3v) is 6.22. The van der Waals surface area contributed by atoms with E-state index >= 15 is 0 Å². The molecule has 6 heteroatoms. The van der Waals surface area contributed by atoms with Gasteiger partial charge in [0.1, 0.15) is 10.7 Å². The summed E-state index contributed by atoms with van der Waals surface area (Å²) in [7, 11) is -3.56. The average Bonchev–Trinajstić information content (AvgIpc) is 2.50. The fraction of sp³-hybridized carbons (Fsp3) is 0.421. The van der Waals surface area contributed by atoms with E-state index < -0.39 is 10.0 Å². The highest BCUT2D eigenvalue weighted by atomic mass is 32.2. The number of nitrogens with zero attached hydrogens (tertiary/aromatic N) is 2. The van der Waals surface area contributed by atoms with Crippen LogP contribution in [0.15, 0.2) is 41.4 Å². The number of sulfonamides is 1. The zero-order valence-corrected chi connectivity index (χ0v) is 16.6. The summed E-state index contributed by atoms with van der Waals surface area (Å²) in [5, 5.41) is 3.25. The Morgan fingerprint density at radius 3 is 2.16 bits per heavy atom. The molecule has 2 rings (SSSR count). The Hall–Kier alpha value is -1.92. The number of aromatic nitrogens is 1. The van der Waals surface area contributed by atoms with Crippen molar-refractivity contribution in [2.24, 2.45) is 0 Å². The highest BCUT2D eigenvalue weighted by Gasteiger charge is 2.29. The van der Waals surface area contributed by atoms with Crippen LogP contribution in [0.3, 0.4) is 0 Å². The van der Waals surface area contributed by atoms with Gasteiger partial charge in [-0.15, -0.1) is 0 Å². The summed E-state index contributed by atoms with van der Waals surface area (Å²) in [4.78, 5) is 4.50. The molecule has 0 aliphatic heterocycles. The van der Waals surface area contributed by atoms with Crippen LogP contribution in [0.5, 0.6) is 0 Å². The molecule has 1 aromatic carbocycles. The van der Waals surface area contributed by atoms with Crippen molar-refractivity contribution in [3.63, 3.8) is 0 Å². The molecule has 2 aromatic rings. The molecule has 0 spiro atoms. The van der Waals surface area contributed by atoms with Gasteiger partial charge in [0.05, 0.1) is 0 Å². The first-order valence-corrected chi connectivity index (χ1v) is 9.91. The number of hydrogen-bond acceptors (Lipinski definition) is 4. The first-order chi connectivity index (χ1) is 11.6. The van der Waals surface area contributed by atoms with E-state index in [-0.39, 0.29) is 17.0 Å². The molecule has 0 unspecified atom stereocenters. The highest BCUT2D eigenvalue weighted by molar-refractivity contribution is 7.89. The fourth-order valence-corrected chi connectivity index (χ4v) is 4.67. The minimum atomic E-state index is -3.56. The van der Waals surface area contributed by atoms with E-state index in [1.165, 1.54) is 10.5 Å². The van der Waals surface area contributed by atoms with Crippen molar-refractivity contribution in [3.8, 4) is 0 Å². The molecular weight excluding hydrogens is 334 g/mol. The number of pyridine rings is 1. The van der Waals surface area contributed by atoms with Crippen LogP contribution in [-0.4, -0.2) is 29.8 Å². The van der Waals surface area contributed by atoms with Crippen LogP contribution in [0.4, 0.5) is 11.5 Å². The molecule has 0 atom stereocenters. The van der Waals surface area contributed by atoms with E-state index in [2.05, 4.69) is 16.4 Å². The molecule has 136 valence electrons. The molecule has 0 saturated heterocycles. The smallest absolute Gasteiger partial charge is 0.245 e. The molecule has 1 N–H and O–H groups in total. The third-order valence-electron chi connectivity index (χ3n) is 3.99. The lowest BCUT2D eigenvalue weighted by Crippen LogP contribution is -2.41. The Morgan fingerprint density at radius 1 is 1.00 bits per heavy atom. The van der Waals surface area contributed by atoms with E-state index in [9.17, 15) is 8.42 Å². The lowest BCUT2D eigenvalue weighted by Gasteiger charge is -2.29. The Morgan fingerprint density at radius 2 is 1.64 bits per heavy atom. The predicted octanol–water partition coefficient (Wildman–Crippen LogP) is 4.25. The zero-order chi connectivity index (χ0) is 18.8. The van der Waals surface area contributed by atoms with Gasteiger partial charge in [0, 0.05) is 24.0 Å². The molecule has 0 aliphatic rings. The number of rotatable bonds is 6. The SMILES string of the molecule is Cc1ccc(C)c(Nc2ccc(S(=O)(=O)N(C(C)C)C(C)C)cn2)c1. The Balaban J connectivity index is 2.29. The average molecular weight is 362 g/mol. The van der Waals surface area contributed by atoms with Crippen molar-refractivity contribution in [3.05, 3.63) is 47.7 Å². The predicted molar refractivity (Wildman–Crippen MR) is 103 cm³/mol. The molecular formula is C19H27N3O2S. The van der Waals surface area contributed by atoms with Crippen LogP contribution in [0.2, 0.25) is 0 Å². The van der Waals surface area contributed by atoms with E-state index in [4.69, 9.17) is 0 Å². The Bertz CT molecular complexity index is 820. The van der Waals surface area contributed by atoms with Gasteiger partial charge in [0.2, 0.25) is 10.0 Å². The van der Waals surface area contributed by atoms with Gasteiger partial charge in [-0.2, -0.15) is 4.31 Å². The summed E-state index contributed by atoms with van der Waals surface area (Å²) < 4.78 is 27.2. The van der Waals surface area contributed by atoms with E-state index in [1.54, 1.807) is 12.1 Å². The topological polar surface area (TPSA) is 62.3 Å². The number of benzene rings is 1. The van der Waals surface area contributed by atoms with Crippen LogP contribution < -0.4 is 5.32 Å². The van der Waals surface area contributed by atoms with E-state index in [0.29, 0.717) is 5.82 Å². The van der Waals surface area contributed by atoms with Crippen LogP contribution in [0.1, 0.15) is 38.8 Å². The lowest BCUT2D eigenvalue weighted by molar-refractivity contribution is 0.302. The second kappa shape index (κ2) is 7.54. The number of anilines is 2. The minimum Gasteiger partial charge on any atom is -0.340 e. The quantitative estimate of drug-likeness (QED) is 0.835. The van der Waals surface area contributed by atoms with E-state index in [1.807, 2.05) is 53.7 Å². The number of nitrogens with one attached hydrogen (secondary N) is 1. The molecule has 25 heavy (non-hydrogen) atoms. The first-order valence-electron chi connectivity index (χ1n) is 8.47. The van der Waals surface area contributed by atoms with Crippen LogP contribution >= 0.6 is 0 Å². The normalized spacial score (nSPS) is 12.2. The molecule has 1 heterocycles. The fourth-order valence-electron chi connectivity index (χ4n) is 2.89. The molecule has 0 radical (unpaired) electrons. The van der Waals surface area contributed by atoms with Gasteiger partial charge in [-0.05, 0) is 70.9 Å². The third kappa shape index (κ3) is 4.38.